The highest BCUT2D eigenvalue weighted by Gasteiger charge is 2.24. The predicted octanol–water partition coefficient (Wildman–Crippen LogP) is 1.55. The molecule has 2 amide bonds. The number of methoxy groups -OCH3 is 1. The van der Waals surface area contributed by atoms with Crippen LogP contribution in [0.4, 0.5) is 0 Å². The van der Waals surface area contributed by atoms with Gasteiger partial charge in [-0.3, -0.25) is 9.59 Å². The molecule has 1 aromatic rings. The van der Waals surface area contributed by atoms with Gasteiger partial charge in [-0.25, -0.2) is 0 Å². The molecule has 1 saturated heterocycles. The van der Waals surface area contributed by atoms with E-state index in [1.54, 1.807) is 24.1 Å². The smallest absolute Gasteiger partial charge is 0.251 e. The zero-order valence-electron chi connectivity index (χ0n) is 14.8. The maximum atomic E-state index is 12.2. The largest absolute Gasteiger partial charge is 0.354 e. The Hall–Kier alpha value is -1.92. The monoisotopic (exact) mass is 334 g/mol. The molecule has 0 radical (unpaired) electrons. The molecule has 1 fully saturated rings. The SMILES string of the molecule is COC1CN(C(=O)CNC(=O)c2ccc(C(C)(C)C)cc2)CCO1. The molecular formula is C18H26N2O4. The molecule has 24 heavy (non-hydrogen) atoms. The maximum absolute atomic E-state index is 12.2. The minimum absolute atomic E-state index is 0.0315. The third-order valence-electron chi connectivity index (χ3n) is 4.06. The van der Waals surface area contributed by atoms with Gasteiger partial charge in [0.05, 0.1) is 19.7 Å². The van der Waals surface area contributed by atoms with E-state index in [2.05, 4.69) is 26.1 Å². The van der Waals surface area contributed by atoms with Gasteiger partial charge in [-0.1, -0.05) is 32.9 Å². The number of amides is 2. The number of carbonyl (C=O) groups excluding carboxylic acids is 2. The van der Waals surface area contributed by atoms with Crippen molar-refractivity contribution in [1.29, 1.82) is 0 Å². The third kappa shape index (κ3) is 4.79. The summed E-state index contributed by atoms with van der Waals surface area (Å²) in [5.74, 6) is -0.389. The first-order valence-corrected chi connectivity index (χ1v) is 8.12. The van der Waals surface area contributed by atoms with E-state index in [9.17, 15) is 9.59 Å². The van der Waals surface area contributed by atoms with E-state index in [1.807, 2.05) is 12.1 Å². The van der Waals surface area contributed by atoms with Crippen LogP contribution < -0.4 is 5.32 Å². The number of ether oxygens (including phenoxy) is 2. The first-order valence-electron chi connectivity index (χ1n) is 8.12. The number of rotatable bonds is 4. The van der Waals surface area contributed by atoms with Crippen LogP contribution in [0.1, 0.15) is 36.7 Å². The lowest BCUT2D eigenvalue weighted by atomic mass is 9.87. The van der Waals surface area contributed by atoms with E-state index in [1.165, 1.54) is 0 Å². The van der Waals surface area contributed by atoms with Gasteiger partial charge in [0.25, 0.3) is 5.91 Å². The van der Waals surface area contributed by atoms with Crippen molar-refractivity contribution in [2.45, 2.75) is 32.5 Å². The van der Waals surface area contributed by atoms with Crippen molar-refractivity contribution in [2.75, 3.05) is 33.4 Å². The van der Waals surface area contributed by atoms with Crippen molar-refractivity contribution in [3.05, 3.63) is 35.4 Å². The average molecular weight is 334 g/mol. The fourth-order valence-electron chi connectivity index (χ4n) is 2.48. The Morgan fingerprint density at radius 2 is 1.96 bits per heavy atom. The second-order valence-corrected chi connectivity index (χ2v) is 6.89. The minimum Gasteiger partial charge on any atom is -0.354 e. The standard InChI is InChI=1S/C18H26N2O4/c1-18(2,3)14-7-5-13(6-8-14)17(22)19-11-15(21)20-9-10-24-16(12-20)23-4/h5-8,16H,9-12H2,1-4H3,(H,19,22). The second kappa shape index (κ2) is 7.77. The Labute approximate surface area is 143 Å². The van der Waals surface area contributed by atoms with E-state index in [4.69, 9.17) is 9.47 Å². The van der Waals surface area contributed by atoms with Gasteiger partial charge in [0.1, 0.15) is 0 Å². The van der Waals surface area contributed by atoms with Crippen LogP contribution in [0.2, 0.25) is 0 Å². The summed E-state index contributed by atoms with van der Waals surface area (Å²) in [6.45, 7) is 7.66. The summed E-state index contributed by atoms with van der Waals surface area (Å²) in [7, 11) is 1.54. The van der Waals surface area contributed by atoms with Crippen LogP contribution >= 0.6 is 0 Å². The number of nitrogens with zero attached hydrogens (tertiary/aromatic N) is 1. The van der Waals surface area contributed by atoms with Gasteiger partial charge in [-0.2, -0.15) is 0 Å². The molecule has 0 saturated carbocycles. The fourth-order valence-corrected chi connectivity index (χ4v) is 2.48. The molecule has 0 bridgehead atoms. The molecule has 1 unspecified atom stereocenters. The molecule has 1 N–H and O–H groups in total. The maximum Gasteiger partial charge on any atom is 0.251 e. The molecular weight excluding hydrogens is 308 g/mol. The molecule has 132 valence electrons. The van der Waals surface area contributed by atoms with Gasteiger partial charge in [-0.15, -0.1) is 0 Å². The number of hydrogen-bond acceptors (Lipinski definition) is 4. The van der Waals surface area contributed by atoms with Crippen molar-refractivity contribution in [3.8, 4) is 0 Å². The van der Waals surface area contributed by atoms with Gasteiger partial charge >= 0.3 is 0 Å². The first kappa shape index (κ1) is 18.4. The number of benzene rings is 1. The van der Waals surface area contributed by atoms with Crippen LogP contribution in [-0.2, 0) is 19.7 Å². The van der Waals surface area contributed by atoms with Gasteiger partial charge in [0, 0.05) is 19.2 Å². The molecule has 0 aromatic heterocycles. The summed E-state index contributed by atoms with van der Waals surface area (Å²) in [4.78, 5) is 26.0. The summed E-state index contributed by atoms with van der Waals surface area (Å²) >= 11 is 0. The number of morpholine rings is 1. The van der Waals surface area contributed by atoms with E-state index in [0.717, 1.165) is 5.56 Å². The van der Waals surface area contributed by atoms with Crippen LogP contribution in [0.5, 0.6) is 0 Å². The molecule has 0 spiro atoms. The minimum atomic E-state index is -0.400. The third-order valence-corrected chi connectivity index (χ3v) is 4.06. The summed E-state index contributed by atoms with van der Waals surface area (Å²) in [6, 6.07) is 7.47. The molecule has 6 nitrogen and oxygen atoms in total. The van der Waals surface area contributed by atoms with Crippen molar-refractivity contribution >= 4 is 11.8 Å². The number of hydrogen-bond donors (Lipinski definition) is 1. The summed E-state index contributed by atoms with van der Waals surface area (Å²) in [6.07, 6.45) is -0.400. The average Bonchev–Trinajstić information content (AvgIpc) is 2.58. The predicted molar refractivity (Wildman–Crippen MR) is 90.8 cm³/mol. The summed E-state index contributed by atoms with van der Waals surface area (Å²) in [5.41, 5.74) is 1.75. The highest BCUT2D eigenvalue weighted by molar-refractivity contribution is 5.96. The molecule has 1 atom stereocenters. The van der Waals surface area contributed by atoms with Gasteiger partial charge < -0.3 is 19.7 Å². The van der Waals surface area contributed by atoms with Crippen LogP contribution in [0, 0.1) is 0 Å². The van der Waals surface area contributed by atoms with Crippen LogP contribution in [-0.4, -0.2) is 56.4 Å². The van der Waals surface area contributed by atoms with Crippen molar-refractivity contribution in [3.63, 3.8) is 0 Å². The zero-order valence-corrected chi connectivity index (χ0v) is 14.8. The summed E-state index contributed by atoms with van der Waals surface area (Å²) < 4.78 is 10.4. The Bertz CT molecular complexity index is 578. The lowest BCUT2D eigenvalue weighted by Crippen LogP contribution is -2.49. The van der Waals surface area contributed by atoms with E-state index < -0.39 is 6.29 Å². The number of carbonyl (C=O) groups is 2. The van der Waals surface area contributed by atoms with Crippen molar-refractivity contribution in [1.82, 2.24) is 10.2 Å². The lowest BCUT2D eigenvalue weighted by molar-refractivity contribution is -0.174. The van der Waals surface area contributed by atoms with Crippen LogP contribution in [0.25, 0.3) is 0 Å². The Balaban J connectivity index is 1.87. The fraction of sp³-hybridized carbons (Fsp3) is 0.556. The van der Waals surface area contributed by atoms with Crippen molar-refractivity contribution < 1.29 is 19.1 Å². The topological polar surface area (TPSA) is 67.9 Å². The molecule has 1 aliphatic heterocycles. The number of nitrogens with one attached hydrogen (secondary N) is 1. The van der Waals surface area contributed by atoms with E-state index >= 15 is 0 Å². The van der Waals surface area contributed by atoms with Crippen molar-refractivity contribution in [2.24, 2.45) is 0 Å². The highest BCUT2D eigenvalue weighted by Crippen LogP contribution is 2.22. The van der Waals surface area contributed by atoms with E-state index in [0.29, 0.717) is 25.3 Å². The van der Waals surface area contributed by atoms with Gasteiger partial charge in [0.15, 0.2) is 6.29 Å². The first-order chi connectivity index (χ1) is 11.3. The van der Waals surface area contributed by atoms with Gasteiger partial charge in [0.2, 0.25) is 5.91 Å². The van der Waals surface area contributed by atoms with E-state index in [-0.39, 0.29) is 23.8 Å². The van der Waals surface area contributed by atoms with Crippen LogP contribution in [0.3, 0.4) is 0 Å². The molecule has 0 aliphatic carbocycles. The second-order valence-electron chi connectivity index (χ2n) is 6.89. The normalized spacial score (nSPS) is 18.3. The summed E-state index contributed by atoms with van der Waals surface area (Å²) in [5, 5.41) is 2.68. The zero-order chi connectivity index (χ0) is 17.7. The quantitative estimate of drug-likeness (QED) is 0.907. The Morgan fingerprint density at radius 1 is 1.29 bits per heavy atom. The lowest BCUT2D eigenvalue weighted by Gasteiger charge is -2.32. The molecule has 1 heterocycles. The highest BCUT2D eigenvalue weighted by atomic mass is 16.7. The molecule has 1 aromatic carbocycles. The molecule has 2 rings (SSSR count). The van der Waals surface area contributed by atoms with Crippen LogP contribution in [0.15, 0.2) is 24.3 Å². The Morgan fingerprint density at radius 3 is 2.54 bits per heavy atom. The Kier molecular flexibility index (Phi) is 5.96. The van der Waals surface area contributed by atoms with Gasteiger partial charge in [-0.05, 0) is 23.1 Å². The molecule has 6 heteroatoms. The molecule has 1 aliphatic rings.